The fourth-order valence-electron chi connectivity index (χ4n) is 1.66. The molecule has 0 aliphatic heterocycles. The Morgan fingerprint density at radius 1 is 1.15 bits per heavy atom. The summed E-state index contributed by atoms with van der Waals surface area (Å²) in [7, 11) is 0. The Labute approximate surface area is 114 Å². The summed E-state index contributed by atoms with van der Waals surface area (Å²) in [5.74, 6) is 0.172. The molecule has 0 bridgehead atoms. The number of halogens is 3. The van der Waals surface area contributed by atoms with E-state index in [0.29, 0.717) is 12.2 Å². The van der Waals surface area contributed by atoms with E-state index in [4.69, 9.17) is 10.5 Å². The van der Waals surface area contributed by atoms with E-state index in [-0.39, 0.29) is 12.4 Å². The molecule has 3 nitrogen and oxygen atoms in total. The van der Waals surface area contributed by atoms with Crippen LogP contribution in [0.1, 0.15) is 16.8 Å². The molecule has 2 N–H and O–H groups in total. The van der Waals surface area contributed by atoms with Gasteiger partial charge < -0.3 is 10.5 Å². The maximum atomic E-state index is 12.6. The van der Waals surface area contributed by atoms with E-state index in [2.05, 4.69) is 4.98 Å². The molecular formula is C14H13F3N2O. The standard InChI is InChI=1S/C14H13F3N2O/c15-14(16,17)11-2-1-3-13(7-11)20-9-10-4-5-19-12(6-10)8-18/h1-7H,8-9,18H2. The van der Waals surface area contributed by atoms with Gasteiger partial charge in [0.05, 0.1) is 11.3 Å². The minimum absolute atomic E-state index is 0.164. The van der Waals surface area contributed by atoms with Crippen molar-refractivity contribution in [1.29, 1.82) is 0 Å². The lowest BCUT2D eigenvalue weighted by Gasteiger charge is -2.10. The highest BCUT2D eigenvalue weighted by molar-refractivity contribution is 5.30. The molecule has 6 heteroatoms. The van der Waals surface area contributed by atoms with E-state index in [1.165, 1.54) is 12.1 Å². The van der Waals surface area contributed by atoms with Crippen LogP contribution in [0.25, 0.3) is 0 Å². The number of rotatable bonds is 4. The van der Waals surface area contributed by atoms with Gasteiger partial charge in [-0.15, -0.1) is 0 Å². The summed E-state index contributed by atoms with van der Waals surface area (Å²) in [5, 5.41) is 0. The third kappa shape index (κ3) is 3.71. The first-order valence-electron chi connectivity index (χ1n) is 5.93. The maximum absolute atomic E-state index is 12.6. The second kappa shape index (κ2) is 5.92. The number of pyridine rings is 1. The number of alkyl halides is 3. The first kappa shape index (κ1) is 14.3. The van der Waals surface area contributed by atoms with Crippen LogP contribution in [0.4, 0.5) is 13.2 Å². The molecule has 0 fully saturated rings. The lowest BCUT2D eigenvalue weighted by molar-refractivity contribution is -0.137. The molecule has 2 rings (SSSR count). The van der Waals surface area contributed by atoms with E-state index in [1.807, 2.05) is 0 Å². The third-order valence-electron chi connectivity index (χ3n) is 2.66. The summed E-state index contributed by atoms with van der Waals surface area (Å²) in [4.78, 5) is 4.03. The zero-order valence-corrected chi connectivity index (χ0v) is 10.5. The normalized spacial score (nSPS) is 11.4. The van der Waals surface area contributed by atoms with Crippen LogP contribution < -0.4 is 10.5 Å². The monoisotopic (exact) mass is 282 g/mol. The summed E-state index contributed by atoms with van der Waals surface area (Å²) < 4.78 is 43.0. The van der Waals surface area contributed by atoms with Crippen LogP contribution in [-0.2, 0) is 19.3 Å². The molecule has 0 radical (unpaired) electrons. The van der Waals surface area contributed by atoms with Crippen molar-refractivity contribution in [3.8, 4) is 5.75 Å². The highest BCUT2D eigenvalue weighted by Crippen LogP contribution is 2.31. The van der Waals surface area contributed by atoms with Gasteiger partial charge in [-0.3, -0.25) is 4.98 Å². The minimum Gasteiger partial charge on any atom is -0.489 e. The Morgan fingerprint density at radius 2 is 1.95 bits per heavy atom. The Kier molecular flexibility index (Phi) is 4.24. The van der Waals surface area contributed by atoms with Crippen LogP contribution in [0.5, 0.6) is 5.75 Å². The van der Waals surface area contributed by atoms with Gasteiger partial charge in [-0.1, -0.05) is 6.07 Å². The number of benzene rings is 1. The largest absolute Gasteiger partial charge is 0.489 e. The predicted octanol–water partition coefficient (Wildman–Crippen LogP) is 3.14. The third-order valence-corrected chi connectivity index (χ3v) is 2.66. The second-order valence-corrected chi connectivity index (χ2v) is 4.17. The molecule has 1 aromatic heterocycles. The van der Waals surface area contributed by atoms with Gasteiger partial charge in [0.2, 0.25) is 0 Å². The van der Waals surface area contributed by atoms with Crippen molar-refractivity contribution in [3.63, 3.8) is 0 Å². The predicted molar refractivity (Wildman–Crippen MR) is 67.9 cm³/mol. The molecule has 0 spiro atoms. The van der Waals surface area contributed by atoms with Gasteiger partial charge in [0.1, 0.15) is 12.4 Å². The molecular weight excluding hydrogens is 269 g/mol. The molecule has 20 heavy (non-hydrogen) atoms. The van der Waals surface area contributed by atoms with Crippen molar-refractivity contribution in [3.05, 3.63) is 59.4 Å². The van der Waals surface area contributed by atoms with Gasteiger partial charge in [-0.05, 0) is 35.9 Å². The van der Waals surface area contributed by atoms with Gasteiger partial charge >= 0.3 is 6.18 Å². The molecule has 1 heterocycles. The van der Waals surface area contributed by atoms with Crippen LogP contribution in [0.15, 0.2) is 42.6 Å². The average Bonchev–Trinajstić information content (AvgIpc) is 2.45. The number of nitrogens with two attached hydrogens (primary N) is 1. The van der Waals surface area contributed by atoms with Crippen molar-refractivity contribution in [2.24, 2.45) is 5.73 Å². The number of hydrogen-bond acceptors (Lipinski definition) is 3. The number of aromatic nitrogens is 1. The Hall–Kier alpha value is -2.08. The van der Waals surface area contributed by atoms with Gasteiger partial charge in [-0.2, -0.15) is 13.2 Å². The van der Waals surface area contributed by atoms with Crippen LogP contribution in [-0.4, -0.2) is 4.98 Å². The van der Waals surface area contributed by atoms with Crippen LogP contribution >= 0.6 is 0 Å². The molecule has 0 amide bonds. The summed E-state index contributed by atoms with van der Waals surface area (Å²) in [5.41, 5.74) is 6.24. The summed E-state index contributed by atoms with van der Waals surface area (Å²) in [6.07, 6.45) is -2.78. The lowest BCUT2D eigenvalue weighted by Crippen LogP contribution is -2.05. The first-order chi connectivity index (χ1) is 9.49. The topological polar surface area (TPSA) is 48.1 Å². The number of ether oxygens (including phenoxy) is 1. The van der Waals surface area contributed by atoms with E-state index in [9.17, 15) is 13.2 Å². The van der Waals surface area contributed by atoms with Crippen molar-refractivity contribution < 1.29 is 17.9 Å². The van der Waals surface area contributed by atoms with E-state index >= 15 is 0 Å². The fraction of sp³-hybridized carbons (Fsp3) is 0.214. The van der Waals surface area contributed by atoms with E-state index in [1.54, 1.807) is 18.3 Å². The van der Waals surface area contributed by atoms with E-state index in [0.717, 1.165) is 17.7 Å². The highest BCUT2D eigenvalue weighted by atomic mass is 19.4. The van der Waals surface area contributed by atoms with Gasteiger partial charge in [0, 0.05) is 12.7 Å². The Morgan fingerprint density at radius 3 is 2.65 bits per heavy atom. The summed E-state index contributed by atoms with van der Waals surface area (Å²) in [6.45, 7) is 0.466. The van der Waals surface area contributed by atoms with Gasteiger partial charge in [-0.25, -0.2) is 0 Å². The zero-order valence-electron chi connectivity index (χ0n) is 10.5. The molecule has 0 saturated heterocycles. The summed E-state index contributed by atoms with van der Waals surface area (Å²) in [6, 6.07) is 8.27. The molecule has 106 valence electrons. The molecule has 0 atom stereocenters. The smallest absolute Gasteiger partial charge is 0.416 e. The zero-order chi connectivity index (χ0) is 14.6. The van der Waals surface area contributed by atoms with Crippen molar-refractivity contribution >= 4 is 0 Å². The fourth-order valence-corrected chi connectivity index (χ4v) is 1.66. The van der Waals surface area contributed by atoms with Crippen molar-refractivity contribution in [1.82, 2.24) is 4.98 Å². The Balaban J connectivity index is 2.07. The highest BCUT2D eigenvalue weighted by Gasteiger charge is 2.30. The maximum Gasteiger partial charge on any atom is 0.416 e. The van der Waals surface area contributed by atoms with Gasteiger partial charge in [0.25, 0.3) is 0 Å². The quantitative estimate of drug-likeness (QED) is 0.937. The molecule has 0 aliphatic rings. The van der Waals surface area contributed by atoms with Crippen LogP contribution in [0.2, 0.25) is 0 Å². The molecule has 0 saturated carbocycles. The van der Waals surface area contributed by atoms with Crippen LogP contribution in [0.3, 0.4) is 0 Å². The van der Waals surface area contributed by atoms with Crippen molar-refractivity contribution in [2.75, 3.05) is 0 Å². The Bertz CT molecular complexity index is 585. The molecule has 0 unspecified atom stereocenters. The van der Waals surface area contributed by atoms with E-state index < -0.39 is 11.7 Å². The van der Waals surface area contributed by atoms with Gasteiger partial charge in [0.15, 0.2) is 0 Å². The molecule has 0 aliphatic carbocycles. The molecule has 1 aromatic carbocycles. The first-order valence-corrected chi connectivity index (χ1v) is 5.93. The summed E-state index contributed by atoms with van der Waals surface area (Å²) >= 11 is 0. The van der Waals surface area contributed by atoms with Crippen LogP contribution in [0, 0.1) is 0 Å². The number of nitrogens with zero attached hydrogens (tertiary/aromatic N) is 1. The SMILES string of the molecule is NCc1cc(COc2cccc(C(F)(F)F)c2)ccn1. The minimum atomic E-state index is -4.37. The molecule has 2 aromatic rings. The van der Waals surface area contributed by atoms with Crippen molar-refractivity contribution in [2.45, 2.75) is 19.3 Å². The lowest BCUT2D eigenvalue weighted by atomic mass is 10.2. The number of hydrogen-bond donors (Lipinski definition) is 1. The second-order valence-electron chi connectivity index (χ2n) is 4.17. The average molecular weight is 282 g/mol.